The molecular formula is C13H27F3O3Si. The zero-order valence-corrected chi connectivity index (χ0v) is 13.7. The third kappa shape index (κ3) is 9.74. The van der Waals surface area contributed by atoms with E-state index >= 15 is 0 Å². The topological polar surface area (TPSA) is 27.7 Å². The number of rotatable bonds is 12. The van der Waals surface area contributed by atoms with E-state index < -0.39 is 21.4 Å². The number of halogens is 3. The quantitative estimate of drug-likeness (QED) is 0.390. The Morgan fingerprint density at radius 2 is 1.10 bits per heavy atom. The van der Waals surface area contributed by atoms with Crippen molar-refractivity contribution in [3.63, 3.8) is 0 Å². The molecule has 0 fully saturated rings. The first-order chi connectivity index (χ1) is 9.39. The average molecular weight is 316 g/mol. The molecule has 0 spiro atoms. The van der Waals surface area contributed by atoms with Gasteiger partial charge in [0.25, 0.3) is 0 Å². The second-order valence-corrected chi connectivity index (χ2v) is 7.98. The summed E-state index contributed by atoms with van der Waals surface area (Å²) >= 11 is 0. The van der Waals surface area contributed by atoms with Crippen LogP contribution in [0.3, 0.4) is 0 Å². The van der Waals surface area contributed by atoms with Crippen molar-refractivity contribution >= 4 is 8.80 Å². The van der Waals surface area contributed by atoms with Gasteiger partial charge < -0.3 is 13.3 Å². The molecule has 0 saturated heterocycles. The lowest BCUT2D eigenvalue weighted by molar-refractivity contribution is -0.135. The highest BCUT2D eigenvalue weighted by Gasteiger charge is 2.36. The molecular weight excluding hydrogens is 289 g/mol. The second kappa shape index (κ2) is 10.6. The molecule has 0 aromatic heterocycles. The van der Waals surface area contributed by atoms with Crippen LogP contribution in [0.1, 0.15) is 51.4 Å². The van der Waals surface area contributed by atoms with E-state index in [2.05, 4.69) is 0 Å². The molecule has 0 amide bonds. The van der Waals surface area contributed by atoms with Crippen molar-refractivity contribution in [3.05, 3.63) is 0 Å². The maximum atomic E-state index is 11.9. The zero-order valence-electron chi connectivity index (χ0n) is 12.7. The lowest BCUT2D eigenvalue weighted by Crippen LogP contribution is -2.42. The van der Waals surface area contributed by atoms with Gasteiger partial charge in [-0.1, -0.05) is 32.1 Å². The summed E-state index contributed by atoms with van der Waals surface area (Å²) in [6, 6.07) is 0.782. The van der Waals surface area contributed by atoms with Crippen LogP contribution in [0.2, 0.25) is 6.04 Å². The molecule has 0 saturated carbocycles. The van der Waals surface area contributed by atoms with Crippen molar-refractivity contribution < 1.29 is 26.4 Å². The molecule has 0 rings (SSSR count). The van der Waals surface area contributed by atoms with Crippen LogP contribution in [-0.2, 0) is 13.3 Å². The Hall–Kier alpha value is -0.113. The fourth-order valence-corrected chi connectivity index (χ4v) is 3.90. The molecule has 0 radical (unpaired) electrons. The summed E-state index contributed by atoms with van der Waals surface area (Å²) in [5.74, 6) is 0. The summed E-state index contributed by atoms with van der Waals surface area (Å²) in [4.78, 5) is 0. The summed E-state index contributed by atoms with van der Waals surface area (Å²) in [5, 5.41) is 0. The van der Waals surface area contributed by atoms with Crippen LogP contribution < -0.4 is 0 Å². The third-order valence-electron chi connectivity index (χ3n) is 3.38. The maximum absolute atomic E-state index is 11.9. The highest BCUT2D eigenvalue weighted by Crippen LogP contribution is 2.23. The molecule has 0 aliphatic rings. The van der Waals surface area contributed by atoms with E-state index in [1.165, 1.54) is 0 Å². The molecule has 0 aliphatic heterocycles. The number of hydrogen-bond donors (Lipinski definition) is 0. The van der Waals surface area contributed by atoms with E-state index in [4.69, 9.17) is 13.3 Å². The van der Waals surface area contributed by atoms with Gasteiger partial charge in [-0.3, -0.25) is 0 Å². The van der Waals surface area contributed by atoms with Gasteiger partial charge in [0.1, 0.15) is 0 Å². The Morgan fingerprint density at radius 1 is 0.700 bits per heavy atom. The number of alkyl halides is 3. The molecule has 122 valence electrons. The van der Waals surface area contributed by atoms with Crippen LogP contribution in [0.5, 0.6) is 0 Å². The molecule has 0 bridgehead atoms. The van der Waals surface area contributed by atoms with Crippen LogP contribution in [0.4, 0.5) is 13.2 Å². The molecule has 0 aromatic carbocycles. The van der Waals surface area contributed by atoms with E-state index in [0.29, 0.717) is 6.42 Å². The predicted octanol–water partition coefficient (Wildman–Crippen LogP) is 4.55. The van der Waals surface area contributed by atoms with Crippen LogP contribution in [0.15, 0.2) is 0 Å². The van der Waals surface area contributed by atoms with Crippen molar-refractivity contribution in [2.45, 2.75) is 63.6 Å². The third-order valence-corrected chi connectivity index (χ3v) is 6.21. The zero-order chi connectivity index (χ0) is 15.5. The van der Waals surface area contributed by atoms with Gasteiger partial charge in [-0.25, -0.2) is 0 Å². The lowest BCUT2D eigenvalue weighted by atomic mass is 10.1. The summed E-state index contributed by atoms with van der Waals surface area (Å²) in [6.45, 7) is 0. The van der Waals surface area contributed by atoms with Crippen molar-refractivity contribution in [1.29, 1.82) is 0 Å². The second-order valence-electron chi connectivity index (χ2n) is 4.89. The fourth-order valence-electron chi connectivity index (χ4n) is 2.11. The van der Waals surface area contributed by atoms with Crippen LogP contribution >= 0.6 is 0 Å². The molecule has 0 heterocycles. The number of hydrogen-bond acceptors (Lipinski definition) is 3. The lowest BCUT2D eigenvalue weighted by Gasteiger charge is -2.24. The smallest absolute Gasteiger partial charge is 0.377 e. The molecule has 3 nitrogen and oxygen atoms in total. The Kier molecular flexibility index (Phi) is 10.5. The summed E-state index contributed by atoms with van der Waals surface area (Å²) < 4.78 is 51.7. The summed E-state index contributed by atoms with van der Waals surface area (Å²) in [7, 11) is 2.35. The van der Waals surface area contributed by atoms with Crippen LogP contribution in [0, 0.1) is 0 Å². The van der Waals surface area contributed by atoms with Gasteiger partial charge in [0.15, 0.2) is 0 Å². The largest absolute Gasteiger partial charge is 0.500 e. The first-order valence-corrected chi connectivity index (χ1v) is 9.04. The summed E-state index contributed by atoms with van der Waals surface area (Å²) in [6.07, 6.45) is 1.13. The molecule has 0 aromatic rings. The Bertz CT molecular complexity index is 225. The average Bonchev–Trinajstić information content (AvgIpc) is 2.41. The summed E-state index contributed by atoms with van der Waals surface area (Å²) in [5.41, 5.74) is 0. The molecule has 0 aliphatic carbocycles. The Morgan fingerprint density at radius 3 is 1.50 bits per heavy atom. The normalized spacial score (nSPS) is 12.9. The molecule has 0 unspecified atom stereocenters. The first-order valence-electron chi connectivity index (χ1n) is 7.11. The number of unbranched alkanes of at least 4 members (excludes halogenated alkanes) is 6. The van der Waals surface area contributed by atoms with Gasteiger partial charge in [0, 0.05) is 33.8 Å². The van der Waals surface area contributed by atoms with E-state index in [9.17, 15) is 13.2 Å². The van der Waals surface area contributed by atoms with Crippen molar-refractivity contribution in [3.8, 4) is 0 Å². The minimum absolute atomic E-state index is 0.247. The molecule has 20 heavy (non-hydrogen) atoms. The van der Waals surface area contributed by atoms with Crippen molar-refractivity contribution in [2.75, 3.05) is 21.3 Å². The first kappa shape index (κ1) is 19.9. The standard InChI is InChI=1S/C13H27F3O3Si/c1-17-20(18-2,19-3)12-10-8-6-4-5-7-9-11-13(14,15)16/h4-12H2,1-3H3. The molecule has 0 N–H and O–H groups in total. The van der Waals surface area contributed by atoms with Gasteiger partial charge in [-0.05, 0) is 12.8 Å². The van der Waals surface area contributed by atoms with Gasteiger partial charge in [0.2, 0.25) is 0 Å². The minimum atomic E-state index is -4.01. The van der Waals surface area contributed by atoms with Gasteiger partial charge in [-0.15, -0.1) is 0 Å². The Labute approximate surface area is 121 Å². The highest BCUT2D eigenvalue weighted by molar-refractivity contribution is 6.60. The van der Waals surface area contributed by atoms with Crippen molar-refractivity contribution in [1.82, 2.24) is 0 Å². The van der Waals surface area contributed by atoms with Gasteiger partial charge >= 0.3 is 15.0 Å². The molecule has 0 atom stereocenters. The highest BCUT2D eigenvalue weighted by atomic mass is 28.4. The SMILES string of the molecule is CO[Si](CCCCCCCCCC(F)(F)F)(OC)OC. The Balaban J connectivity index is 3.45. The van der Waals surface area contributed by atoms with Gasteiger partial charge in [-0.2, -0.15) is 13.2 Å². The van der Waals surface area contributed by atoms with Crippen LogP contribution in [-0.4, -0.2) is 36.3 Å². The van der Waals surface area contributed by atoms with E-state index in [1.807, 2.05) is 0 Å². The van der Waals surface area contributed by atoms with E-state index in [1.54, 1.807) is 21.3 Å². The van der Waals surface area contributed by atoms with Crippen LogP contribution in [0.25, 0.3) is 0 Å². The minimum Gasteiger partial charge on any atom is -0.377 e. The van der Waals surface area contributed by atoms with Crippen molar-refractivity contribution in [2.24, 2.45) is 0 Å². The fraction of sp³-hybridized carbons (Fsp3) is 1.00. The maximum Gasteiger partial charge on any atom is 0.500 e. The van der Waals surface area contributed by atoms with E-state index in [-0.39, 0.29) is 6.42 Å². The predicted molar refractivity (Wildman–Crippen MR) is 74.6 cm³/mol. The molecule has 7 heteroatoms. The monoisotopic (exact) mass is 316 g/mol. The van der Waals surface area contributed by atoms with Gasteiger partial charge in [0.05, 0.1) is 0 Å². The van der Waals surface area contributed by atoms with E-state index in [0.717, 1.165) is 38.1 Å².